The molecule has 0 aliphatic rings. The molecule has 0 saturated heterocycles. The zero-order valence-electron chi connectivity index (χ0n) is 13.3. The van der Waals surface area contributed by atoms with Crippen molar-refractivity contribution in [1.29, 1.82) is 0 Å². The molecule has 0 saturated carbocycles. The number of carbonyl (C=O) groups excluding carboxylic acids is 2. The van der Waals surface area contributed by atoms with Gasteiger partial charge in [0, 0.05) is 27.7 Å². The molecule has 0 aromatic heterocycles. The summed E-state index contributed by atoms with van der Waals surface area (Å²) in [5, 5.41) is 6.29. The first-order valence-corrected chi connectivity index (χ1v) is 9.01. The lowest BCUT2D eigenvalue weighted by atomic mass is 10.3. The molecule has 0 heterocycles. The third-order valence-electron chi connectivity index (χ3n) is 3.09. The van der Waals surface area contributed by atoms with Gasteiger partial charge in [0.15, 0.2) is 0 Å². The lowest BCUT2D eigenvalue weighted by Crippen LogP contribution is -2.14. The van der Waals surface area contributed by atoms with Crippen LogP contribution in [0.5, 0.6) is 0 Å². The minimum Gasteiger partial charge on any atom is -0.326 e. The van der Waals surface area contributed by atoms with Crippen LogP contribution in [-0.2, 0) is 9.59 Å². The summed E-state index contributed by atoms with van der Waals surface area (Å²) in [5.41, 5.74) is 1.46. The van der Waals surface area contributed by atoms with Gasteiger partial charge in [0.2, 0.25) is 11.8 Å². The van der Waals surface area contributed by atoms with Gasteiger partial charge in [0.1, 0.15) is 0 Å². The molecule has 2 aromatic carbocycles. The molecule has 0 spiro atoms. The Hall–Kier alpha value is -1.98. The fraction of sp³-hybridized carbons (Fsp3) is 0.222. The number of hydrogen-bond acceptors (Lipinski definition) is 3. The van der Waals surface area contributed by atoms with E-state index in [0.717, 1.165) is 17.0 Å². The topological polar surface area (TPSA) is 58.2 Å². The van der Waals surface area contributed by atoms with Gasteiger partial charge in [-0.3, -0.25) is 9.59 Å². The molecular weight excluding hydrogens is 344 g/mol. The molecule has 2 N–H and O–H groups in total. The number of rotatable bonds is 7. The van der Waals surface area contributed by atoms with E-state index in [9.17, 15) is 9.59 Å². The van der Waals surface area contributed by atoms with Crippen LogP contribution in [0.25, 0.3) is 0 Å². The van der Waals surface area contributed by atoms with Crippen molar-refractivity contribution in [3.05, 3.63) is 53.6 Å². The lowest BCUT2D eigenvalue weighted by Gasteiger charge is -2.08. The average Bonchev–Trinajstić information content (AvgIpc) is 2.56. The largest absolute Gasteiger partial charge is 0.326 e. The van der Waals surface area contributed by atoms with Crippen molar-refractivity contribution >= 4 is 46.6 Å². The Morgan fingerprint density at radius 1 is 1.00 bits per heavy atom. The van der Waals surface area contributed by atoms with Crippen LogP contribution in [0.1, 0.15) is 19.8 Å². The van der Waals surface area contributed by atoms with Crippen molar-refractivity contribution < 1.29 is 9.59 Å². The molecule has 2 aromatic rings. The van der Waals surface area contributed by atoms with Crippen molar-refractivity contribution in [1.82, 2.24) is 0 Å². The van der Waals surface area contributed by atoms with Gasteiger partial charge in [-0.1, -0.05) is 24.6 Å². The molecule has 0 atom stereocenters. The van der Waals surface area contributed by atoms with Crippen LogP contribution in [0.3, 0.4) is 0 Å². The number of nitrogens with one attached hydrogen (secondary N) is 2. The predicted octanol–water partition coefficient (Wildman–Crippen LogP) is 4.81. The second-order valence-corrected chi connectivity index (χ2v) is 6.65. The van der Waals surface area contributed by atoms with Crippen LogP contribution in [-0.4, -0.2) is 17.6 Å². The molecule has 0 radical (unpaired) electrons. The van der Waals surface area contributed by atoms with E-state index in [1.807, 2.05) is 31.2 Å². The maximum Gasteiger partial charge on any atom is 0.234 e. The molecule has 0 aliphatic heterocycles. The molecule has 4 nitrogen and oxygen atoms in total. The Kier molecular flexibility index (Phi) is 7.15. The summed E-state index contributed by atoms with van der Waals surface area (Å²) in [7, 11) is 0. The second kappa shape index (κ2) is 9.35. The zero-order chi connectivity index (χ0) is 17.4. The zero-order valence-corrected chi connectivity index (χ0v) is 14.9. The summed E-state index contributed by atoms with van der Waals surface area (Å²) in [6.45, 7) is 1.96. The van der Waals surface area contributed by atoms with Crippen LogP contribution in [0.2, 0.25) is 5.02 Å². The number of carbonyl (C=O) groups is 2. The van der Waals surface area contributed by atoms with E-state index in [4.69, 9.17) is 11.6 Å². The molecule has 2 amide bonds. The van der Waals surface area contributed by atoms with Crippen LogP contribution in [0, 0.1) is 0 Å². The fourth-order valence-electron chi connectivity index (χ4n) is 1.99. The number of benzene rings is 2. The van der Waals surface area contributed by atoms with Crippen LogP contribution >= 0.6 is 23.4 Å². The molecule has 0 aliphatic carbocycles. The predicted molar refractivity (Wildman–Crippen MR) is 101 cm³/mol. The number of halogens is 1. The number of thioether (sulfide) groups is 1. The second-order valence-electron chi connectivity index (χ2n) is 5.17. The van der Waals surface area contributed by atoms with Crippen molar-refractivity contribution in [3.8, 4) is 0 Å². The Labute approximate surface area is 151 Å². The van der Waals surface area contributed by atoms with Gasteiger partial charge in [0.25, 0.3) is 0 Å². The van der Waals surface area contributed by atoms with Gasteiger partial charge in [-0.05, 0) is 48.9 Å². The summed E-state index contributed by atoms with van der Waals surface area (Å²) in [6, 6.07) is 14.5. The maximum atomic E-state index is 12.0. The average molecular weight is 363 g/mol. The smallest absolute Gasteiger partial charge is 0.234 e. The van der Waals surface area contributed by atoms with Crippen LogP contribution in [0.4, 0.5) is 11.4 Å². The molecule has 6 heteroatoms. The Morgan fingerprint density at radius 3 is 2.42 bits per heavy atom. The van der Waals surface area contributed by atoms with Gasteiger partial charge in [-0.2, -0.15) is 0 Å². The van der Waals surface area contributed by atoms with Gasteiger partial charge >= 0.3 is 0 Å². The molecule has 0 fully saturated rings. The summed E-state index contributed by atoms with van der Waals surface area (Å²) in [4.78, 5) is 24.5. The van der Waals surface area contributed by atoms with Gasteiger partial charge in [-0.15, -0.1) is 11.8 Å². The first kappa shape index (κ1) is 18.4. The monoisotopic (exact) mass is 362 g/mol. The quantitative estimate of drug-likeness (QED) is 0.695. The summed E-state index contributed by atoms with van der Waals surface area (Å²) in [6.07, 6.45) is 1.31. The van der Waals surface area contributed by atoms with Crippen molar-refractivity contribution in [2.75, 3.05) is 16.4 Å². The van der Waals surface area contributed by atoms with E-state index >= 15 is 0 Å². The van der Waals surface area contributed by atoms with E-state index in [1.54, 1.807) is 24.3 Å². The third-order valence-corrected chi connectivity index (χ3v) is 4.34. The fourth-order valence-corrected chi connectivity index (χ4v) is 2.87. The van der Waals surface area contributed by atoms with E-state index in [-0.39, 0.29) is 17.6 Å². The summed E-state index contributed by atoms with van der Waals surface area (Å²) in [5.74, 6) is 0.192. The first-order chi connectivity index (χ1) is 11.6. The molecule has 126 valence electrons. The molecule has 0 unspecified atom stereocenters. The van der Waals surface area contributed by atoms with Gasteiger partial charge in [0.05, 0.1) is 5.75 Å². The minimum atomic E-state index is -0.0947. The maximum absolute atomic E-state index is 12.0. The van der Waals surface area contributed by atoms with Crippen LogP contribution < -0.4 is 10.6 Å². The number of hydrogen-bond donors (Lipinski definition) is 2. The number of anilines is 2. The van der Waals surface area contributed by atoms with Gasteiger partial charge in [-0.25, -0.2) is 0 Å². The van der Waals surface area contributed by atoms with E-state index in [2.05, 4.69) is 10.6 Å². The van der Waals surface area contributed by atoms with E-state index in [0.29, 0.717) is 17.1 Å². The molecule has 0 bridgehead atoms. The van der Waals surface area contributed by atoms with E-state index < -0.39 is 0 Å². The Bertz CT molecular complexity index is 704. The summed E-state index contributed by atoms with van der Waals surface area (Å²) < 4.78 is 0. The SMILES string of the molecule is CCCC(=O)Nc1cccc(SCC(=O)Nc2ccc(Cl)cc2)c1. The minimum absolute atomic E-state index is 0.000122. The standard InChI is InChI=1S/C18H19ClN2O2S/c1-2-4-17(22)21-15-5-3-6-16(11-15)24-12-18(23)20-14-9-7-13(19)8-10-14/h3,5-11H,2,4,12H2,1H3,(H,20,23)(H,21,22). The third kappa shape index (κ3) is 6.26. The lowest BCUT2D eigenvalue weighted by molar-refractivity contribution is -0.116. The van der Waals surface area contributed by atoms with Crippen molar-refractivity contribution in [2.24, 2.45) is 0 Å². The van der Waals surface area contributed by atoms with Crippen LogP contribution in [0.15, 0.2) is 53.4 Å². The highest BCUT2D eigenvalue weighted by molar-refractivity contribution is 8.00. The molecule has 24 heavy (non-hydrogen) atoms. The summed E-state index contributed by atoms with van der Waals surface area (Å²) >= 11 is 7.23. The number of amides is 2. The van der Waals surface area contributed by atoms with E-state index in [1.165, 1.54) is 11.8 Å². The van der Waals surface area contributed by atoms with Crippen molar-refractivity contribution in [2.45, 2.75) is 24.7 Å². The Morgan fingerprint density at radius 2 is 1.71 bits per heavy atom. The molecule has 2 rings (SSSR count). The van der Waals surface area contributed by atoms with Gasteiger partial charge < -0.3 is 10.6 Å². The Balaban J connectivity index is 1.86. The first-order valence-electron chi connectivity index (χ1n) is 7.65. The highest BCUT2D eigenvalue weighted by atomic mass is 35.5. The normalized spacial score (nSPS) is 10.2. The van der Waals surface area contributed by atoms with Crippen molar-refractivity contribution in [3.63, 3.8) is 0 Å². The molecular formula is C18H19ClN2O2S. The highest BCUT2D eigenvalue weighted by Gasteiger charge is 2.06. The highest BCUT2D eigenvalue weighted by Crippen LogP contribution is 2.22.